The van der Waals surface area contributed by atoms with Crippen molar-refractivity contribution in [2.24, 2.45) is 0 Å². The van der Waals surface area contributed by atoms with Gasteiger partial charge in [0.15, 0.2) is 11.4 Å². The minimum Gasteiger partial charge on any atom is -0.490 e. The molecule has 0 amide bonds. The zero-order valence-corrected chi connectivity index (χ0v) is 15.8. The maximum absolute atomic E-state index is 13.1. The molecule has 1 N–H and O–H groups in total. The van der Waals surface area contributed by atoms with Gasteiger partial charge in [0.25, 0.3) is 5.89 Å². The van der Waals surface area contributed by atoms with Gasteiger partial charge in [-0.3, -0.25) is 0 Å². The van der Waals surface area contributed by atoms with Gasteiger partial charge in [-0.05, 0) is 43.5 Å². The van der Waals surface area contributed by atoms with Gasteiger partial charge in [-0.25, -0.2) is 8.42 Å². The lowest BCUT2D eigenvalue weighted by atomic mass is 10.0. The highest BCUT2D eigenvalue weighted by Crippen LogP contribution is 2.40. The van der Waals surface area contributed by atoms with Crippen LogP contribution in [-0.4, -0.2) is 47.2 Å². The summed E-state index contributed by atoms with van der Waals surface area (Å²) >= 11 is 0. The zero-order chi connectivity index (χ0) is 18.8. The summed E-state index contributed by atoms with van der Waals surface area (Å²) in [4.78, 5) is 4.52. The molecule has 2 aromatic rings. The number of aromatic nitrogens is 2. The minimum atomic E-state index is -3.73. The third kappa shape index (κ3) is 2.84. The van der Waals surface area contributed by atoms with E-state index in [9.17, 15) is 13.5 Å². The average molecular weight is 391 g/mol. The Morgan fingerprint density at radius 1 is 1.33 bits per heavy atom. The van der Waals surface area contributed by atoms with Crippen LogP contribution in [0, 0.1) is 0 Å². The monoisotopic (exact) mass is 391 g/mol. The third-order valence-electron chi connectivity index (χ3n) is 5.50. The first-order chi connectivity index (χ1) is 12.8. The van der Waals surface area contributed by atoms with Crippen LogP contribution < -0.4 is 4.74 Å². The molecule has 1 aromatic carbocycles. The van der Waals surface area contributed by atoms with Crippen LogP contribution in [0.15, 0.2) is 27.6 Å². The van der Waals surface area contributed by atoms with Gasteiger partial charge in [0, 0.05) is 25.3 Å². The molecule has 144 valence electrons. The van der Waals surface area contributed by atoms with Gasteiger partial charge in [-0.2, -0.15) is 9.29 Å². The zero-order valence-electron chi connectivity index (χ0n) is 15.0. The van der Waals surface area contributed by atoms with Crippen LogP contribution in [0.3, 0.4) is 0 Å². The van der Waals surface area contributed by atoms with Crippen LogP contribution in [0.1, 0.15) is 49.4 Å². The van der Waals surface area contributed by atoms with E-state index in [-0.39, 0.29) is 36.4 Å². The number of rotatable bonds is 4. The predicted octanol–water partition coefficient (Wildman–Crippen LogP) is 1.55. The Labute approximate surface area is 157 Å². The molecular weight excluding hydrogens is 370 g/mol. The molecule has 1 saturated heterocycles. The summed E-state index contributed by atoms with van der Waals surface area (Å²) in [5, 5.41) is 14.9. The van der Waals surface area contributed by atoms with E-state index in [1.54, 1.807) is 18.2 Å². The molecule has 1 aromatic heterocycles. The number of fused-ring (bicyclic) bond motifs is 1. The van der Waals surface area contributed by atoms with E-state index < -0.39 is 15.6 Å². The topological polar surface area (TPSA) is 106 Å². The van der Waals surface area contributed by atoms with Crippen molar-refractivity contribution in [1.82, 2.24) is 14.4 Å². The van der Waals surface area contributed by atoms with Crippen molar-refractivity contribution < 1.29 is 22.8 Å². The molecule has 8 nitrogen and oxygen atoms in total. The van der Waals surface area contributed by atoms with Gasteiger partial charge in [0.05, 0.1) is 11.4 Å². The lowest BCUT2D eigenvalue weighted by Crippen LogP contribution is -2.34. The molecule has 2 fully saturated rings. The molecule has 1 saturated carbocycles. The maximum atomic E-state index is 13.1. The van der Waals surface area contributed by atoms with E-state index in [4.69, 9.17) is 9.26 Å². The second kappa shape index (κ2) is 5.76. The number of β-amino-alcohol motifs (C(OH)–C–C–N with tert-alkyl or cyclic N) is 1. The van der Waals surface area contributed by atoms with Gasteiger partial charge < -0.3 is 14.4 Å². The third-order valence-corrected chi connectivity index (χ3v) is 7.34. The Bertz CT molecular complexity index is 1000. The van der Waals surface area contributed by atoms with E-state index >= 15 is 0 Å². The number of ether oxygens (including phenoxy) is 1. The van der Waals surface area contributed by atoms with E-state index in [1.165, 1.54) is 4.31 Å². The lowest BCUT2D eigenvalue weighted by molar-refractivity contribution is 0.0194. The number of nitrogens with zero attached hydrogens (tertiary/aromatic N) is 3. The maximum Gasteiger partial charge on any atom is 0.260 e. The predicted molar refractivity (Wildman–Crippen MR) is 93.8 cm³/mol. The van der Waals surface area contributed by atoms with Gasteiger partial charge in [0.2, 0.25) is 10.0 Å². The molecule has 0 bridgehead atoms. The standard InChI is InChI=1S/C18H21N3O5S/c1-11-8-13-9-14(4-5-15(13)25-11)27(23,24)21-7-6-18(22,10-21)17-19-16(20-26-17)12-2-3-12/h4-5,9,11-12,22H,2-3,6-8,10H2,1H3/t11-,18-/m1/s1. The summed E-state index contributed by atoms with van der Waals surface area (Å²) < 4.78 is 38.3. The fourth-order valence-corrected chi connectivity index (χ4v) is 5.32. The van der Waals surface area contributed by atoms with Crippen molar-refractivity contribution in [3.63, 3.8) is 0 Å². The van der Waals surface area contributed by atoms with Crippen molar-refractivity contribution in [1.29, 1.82) is 0 Å². The molecule has 2 aliphatic heterocycles. The Morgan fingerprint density at radius 3 is 2.93 bits per heavy atom. The fourth-order valence-electron chi connectivity index (χ4n) is 3.78. The molecular formula is C18H21N3O5S. The average Bonchev–Trinajstić information content (AvgIpc) is 3.05. The van der Waals surface area contributed by atoms with Gasteiger partial charge in [-0.1, -0.05) is 5.16 Å². The Kier molecular flexibility index (Phi) is 3.66. The van der Waals surface area contributed by atoms with E-state index in [0.29, 0.717) is 18.2 Å². The summed E-state index contributed by atoms with van der Waals surface area (Å²) in [5.41, 5.74) is -0.550. The Balaban J connectivity index is 1.39. The Hall–Kier alpha value is -1.97. The van der Waals surface area contributed by atoms with Crippen LogP contribution in [0.2, 0.25) is 0 Å². The van der Waals surface area contributed by atoms with E-state index in [0.717, 1.165) is 24.2 Å². The minimum absolute atomic E-state index is 0.0491. The lowest BCUT2D eigenvalue weighted by Gasteiger charge is -2.20. The van der Waals surface area contributed by atoms with Gasteiger partial charge in [0.1, 0.15) is 11.9 Å². The van der Waals surface area contributed by atoms with Crippen LogP contribution in [0.25, 0.3) is 0 Å². The molecule has 1 aliphatic carbocycles. The quantitative estimate of drug-likeness (QED) is 0.843. The summed E-state index contributed by atoms with van der Waals surface area (Å²) in [6.45, 7) is 2.06. The molecule has 27 heavy (non-hydrogen) atoms. The molecule has 9 heteroatoms. The van der Waals surface area contributed by atoms with Crippen molar-refractivity contribution >= 4 is 10.0 Å². The largest absolute Gasteiger partial charge is 0.490 e. The first-order valence-electron chi connectivity index (χ1n) is 9.21. The summed E-state index contributed by atoms with van der Waals surface area (Å²) in [6, 6.07) is 4.93. The number of hydrogen-bond donors (Lipinski definition) is 1. The number of benzene rings is 1. The second-order valence-corrected chi connectivity index (χ2v) is 9.69. The van der Waals surface area contributed by atoms with Crippen molar-refractivity contribution in [3.8, 4) is 5.75 Å². The highest BCUT2D eigenvalue weighted by atomic mass is 32.2. The first-order valence-corrected chi connectivity index (χ1v) is 10.7. The molecule has 5 rings (SSSR count). The molecule has 0 radical (unpaired) electrons. The highest BCUT2D eigenvalue weighted by Gasteiger charge is 2.47. The Morgan fingerprint density at radius 2 is 2.15 bits per heavy atom. The smallest absolute Gasteiger partial charge is 0.260 e. The van der Waals surface area contributed by atoms with Crippen LogP contribution in [-0.2, 0) is 22.0 Å². The van der Waals surface area contributed by atoms with Crippen molar-refractivity contribution in [2.75, 3.05) is 13.1 Å². The fraction of sp³-hybridized carbons (Fsp3) is 0.556. The van der Waals surface area contributed by atoms with Crippen LogP contribution >= 0.6 is 0 Å². The van der Waals surface area contributed by atoms with E-state index in [2.05, 4.69) is 10.1 Å². The summed E-state index contributed by atoms with van der Waals surface area (Å²) in [7, 11) is -3.73. The first kappa shape index (κ1) is 17.2. The molecule has 2 atom stereocenters. The van der Waals surface area contributed by atoms with Crippen molar-refractivity contribution in [3.05, 3.63) is 35.5 Å². The molecule has 3 aliphatic rings. The van der Waals surface area contributed by atoms with Gasteiger partial charge in [-0.15, -0.1) is 0 Å². The van der Waals surface area contributed by atoms with Gasteiger partial charge >= 0.3 is 0 Å². The normalized spacial score (nSPS) is 28.3. The SMILES string of the molecule is C[C@@H]1Cc2cc(S(=O)(=O)N3CC[C@](O)(c4nc(C5CC5)no4)C3)ccc2O1. The van der Waals surface area contributed by atoms with Crippen molar-refractivity contribution in [2.45, 2.75) is 55.1 Å². The molecule has 0 spiro atoms. The highest BCUT2D eigenvalue weighted by molar-refractivity contribution is 7.89. The molecule has 3 heterocycles. The summed E-state index contributed by atoms with van der Waals surface area (Å²) in [6.07, 6.45) is 3.02. The number of hydrogen-bond acceptors (Lipinski definition) is 7. The number of sulfonamides is 1. The van der Waals surface area contributed by atoms with Crippen LogP contribution in [0.4, 0.5) is 0 Å². The summed E-state index contributed by atoms with van der Waals surface area (Å²) in [5.74, 6) is 1.76. The molecule has 0 unspecified atom stereocenters. The second-order valence-electron chi connectivity index (χ2n) is 7.75. The van der Waals surface area contributed by atoms with Crippen LogP contribution in [0.5, 0.6) is 5.75 Å². The number of aliphatic hydroxyl groups is 1. The van der Waals surface area contributed by atoms with E-state index in [1.807, 2.05) is 6.92 Å².